The van der Waals surface area contributed by atoms with Crippen LogP contribution < -0.4 is 15.1 Å². The average Bonchev–Trinajstić information content (AvgIpc) is 2.68. The van der Waals surface area contributed by atoms with Gasteiger partial charge in [-0.05, 0) is 37.3 Å². The topological polar surface area (TPSA) is 95.2 Å². The molecule has 0 radical (unpaired) electrons. The maximum atomic E-state index is 12.4. The van der Waals surface area contributed by atoms with Crippen molar-refractivity contribution in [3.05, 3.63) is 63.5 Å². The third kappa shape index (κ3) is 3.19. The third-order valence-electron chi connectivity index (χ3n) is 4.35. The van der Waals surface area contributed by atoms with Crippen molar-refractivity contribution < 1.29 is 28.5 Å². The number of carbonyl (C=O) groups excluding carboxylic acids is 1. The summed E-state index contributed by atoms with van der Waals surface area (Å²) in [5, 5.41) is 10.4. The highest BCUT2D eigenvalue weighted by Crippen LogP contribution is 2.31. The third-order valence-corrected chi connectivity index (χ3v) is 4.35. The number of ether oxygens (including phenoxy) is 3. The summed E-state index contributed by atoms with van der Waals surface area (Å²) in [6, 6.07) is 9.21. The average molecular weight is 368 g/mol. The Morgan fingerprint density at radius 3 is 2.70 bits per heavy atom. The Bertz CT molecular complexity index is 1100. The fourth-order valence-electron chi connectivity index (χ4n) is 2.93. The van der Waals surface area contributed by atoms with Crippen LogP contribution in [0.5, 0.6) is 17.2 Å². The van der Waals surface area contributed by atoms with Crippen molar-refractivity contribution in [1.82, 2.24) is 0 Å². The van der Waals surface area contributed by atoms with Crippen molar-refractivity contribution in [3.63, 3.8) is 0 Å². The maximum absolute atomic E-state index is 12.4. The summed E-state index contributed by atoms with van der Waals surface area (Å²) in [5.74, 6) is 0.548. The van der Waals surface area contributed by atoms with E-state index in [1.165, 1.54) is 12.1 Å². The molecule has 0 saturated carbocycles. The standard InChI is InChI=1S/C20H16O7/c1-11-15(21)4-3-14-13(9-18(22)27-19(11)14)10-26-20(23)12-2-5-16-17(8-12)25-7-6-24-16/h2-5,8-9,21H,6-7,10H2,1H3. The molecule has 1 aliphatic heterocycles. The molecule has 0 amide bonds. The molecule has 0 saturated heterocycles. The van der Waals surface area contributed by atoms with Gasteiger partial charge in [0.25, 0.3) is 0 Å². The van der Waals surface area contributed by atoms with E-state index >= 15 is 0 Å². The molecule has 7 heteroatoms. The van der Waals surface area contributed by atoms with Crippen molar-refractivity contribution in [1.29, 1.82) is 0 Å². The normalized spacial score (nSPS) is 12.8. The lowest BCUT2D eigenvalue weighted by atomic mass is 10.1. The van der Waals surface area contributed by atoms with Gasteiger partial charge in [-0.15, -0.1) is 0 Å². The van der Waals surface area contributed by atoms with Gasteiger partial charge >= 0.3 is 11.6 Å². The minimum absolute atomic E-state index is 0.0241. The van der Waals surface area contributed by atoms with Gasteiger partial charge in [-0.25, -0.2) is 9.59 Å². The monoisotopic (exact) mass is 368 g/mol. The minimum atomic E-state index is -0.582. The van der Waals surface area contributed by atoms with Gasteiger partial charge in [0.1, 0.15) is 31.2 Å². The molecule has 0 fully saturated rings. The summed E-state index contributed by atoms with van der Waals surface area (Å²) in [4.78, 5) is 24.2. The van der Waals surface area contributed by atoms with Crippen LogP contribution in [0.25, 0.3) is 11.0 Å². The Morgan fingerprint density at radius 1 is 1.11 bits per heavy atom. The summed E-state index contributed by atoms with van der Waals surface area (Å²) < 4.78 is 21.4. The first-order valence-corrected chi connectivity index (χ1v) is 8.35. The number of hydrogen-bond acceptors (Lipinski definition) is 7. The zero-order chi connectivity index (χ0) is 19.0. The SMILES string of the molecule is Cc1c(O)ccc2c(COC(=O)c3ccc4c(c3)OCCO4)cc(=O)oc12. The first kappa shape index (κ1) is 17.0. The molecule has 0 spiro atoms. The minimum Gasteiger partial charge on any atom is -0.508 e. The highest BCUT2D eigenvalue weighted by Gasteiger charge is 2.17. The van der Waals surface area contributed by atoms with E-state index in [1.54, 1.807) is 31.2 Å². The zero-order valence-electron chi connectivity index (χ0n) is 14.5. The molecule has 2 aromatic carbocycles. The van der Waals surface area contributed by atoms with Gasteiger partial charge in [0.15, 0.2) is 11.5 Å². The Balaban J connectivity index is 1.59. The predicted octanol–water partition coefficient (Wildman–Crippen LogP) is 2.94. The van der Waals surface area contributed by atoms with Crippen LogP contribution in [-0.4, -0.2) is 24.3 Å². The van der Waals surface area contributed by atoms with Gasteiger partial charge < -0.3 is 23.7 Å². The summed E-state index contributed by atoms with van der Waals surface area (Å²) in [6.07, 6.45) is 0. The number of hydrogen-bond donors (Lipinski definition) is 1. The number of esters is 1. The molecule has 138 valence electrons. The molecule has 0 bridgehead atoms. The summed E-state index contributed by atoms with van der Waals surface area (Å²) in [5.41, 5.74) is 0.953. The number of benzene rings is 2. The second kappa shape index (κ2) is 6.68. The largest absolute Gasteiger partial charge is 0.508 e. The van der Waals surface area contributed by atoms with E-state index < -0.39 is 11.6 Å². The number of aryl methyl sites for hydroxylation is 1. The van der Waals surface area contributed by atoms with Crippen LogP contribution in [0, 0.1) is 6.92 Å². The Labute approximate surface area is 153 Å². The summed E-state index contributed by atoms with van der Waals surface area (Å²) in [7, 11) is 0. The summed E-state index contributed by atoms with van der Waals surface area (Å²) >= 11 is 0. The number of rotatable bonds is 3. The molecule has 7 nitrogen and oxygen atoms in total. The van der Waals surface area contributed by atoms with Gasteiger partial charge in [0.2, 0.25) is 0 Å². The molecule has 0 unspecified atom stereocenters. The van der Waals surface area contributed by atoms with Gasteiger partial charge in [-0.2, -0.15) is 0 Å². The van der Waals surface area contributed by atoms with E-state index in [1.807, 2.05) is 0 Å². The second-order valence-corrected chi connectivity index (χ2v) is 6.11. The number of phenolic OH excluding ortho intramolecular Hbond substituents is 1. The van der Waals surface area contributed by atoms with Crippen molar-refractivity contribution in [3.8, 4) is 17.2 Å². The van der Waals surface area contributed by atoms with Crippen molar-refractivity contribution in [2.24, 2.45) is 0 Å². The van der Waals surface area contributed by atoms with Crippen LogP contribution in [0.1, 0.15) is 21.5 Å². The molecule has 1 aliphatic rings. The van der Waals surface area contributed by atoms with E-state index in [-0.39, 0.29) is 17.9 Å². The first-order valence-electron chi connectivity index (χ1n) is 8.35. The number of aromatic hydroxyl groups is 1. The first-order chi connectivity index (χ1) is 13.0. The van der Waals surface area contributed by atoms with E-state index in [2.05, 4.69) is 0 Å². The highest BCUT2D eigenvalue weighted by atomic mass is 16.6. The Kier molecular flexibility index (Phi) is 4.19. The maximum Gasteiger partial charge on any atom is 0.338 e. The molecular formula is C20H16O7. The smallest absolute Gasteiger partial charge is 0.338 e. The number of phenols is 1. The molecule has 3 aromatic rings. The van der Waals surface area contributed by atoms with Gasteiger partial charge in [-0.3, -0.25) is 0 Å². The molecule has 27 heavy (non-hydrogen) atoms. The predicted molar refractivity (Wildman–Crippen MR) is 95.4 cm³/mol. The Morgan fingerprint density at radius 2 is 1.89 bits per heavy atom. The van der Waals surface area contributed by atoms with Crippen molar-refractivity contribution in [2.75, 3.05) is 13.2 Å². The van der Waals surface area contributed by atoms with E-state index in [0.717, 1.165) is 0 Å². The Hall–Kier alpha value is -3.48. The fourth-order valence-corrected chi connectivity index (χ4v) is 2.93. The second-order valence-electron chi connectivity index (χ2n) is 6.11. The molecule has 0 aliphatic carbocycles. The van der Waals surface area contributed by atoms with Crippen LogP contribution >= 0.6 is 0 Å². The van der Waals surface area contributed by atoms with E-state index in [0.29, 0.717) is 46.8 Å². The van der Waals surface area contributed by atoms with Gasteiger partial charge in [0, 0.05) is 22.6 Å². The molecule has 1 aromatic heterocycles. The molecule has 4 rings (SSSR count). The van der Waals surface area contributed by atoms with Gasteiger partial charge in [-0.1, -0.05) is 0 Å². The molecule has 2 heterocycles. The lowest BCUT2D eigenvalue weighted by Crippen LogP contribution is -2.16. The molecule has 1 N–H and O–H groups in total. The number of carbonyl (C=O) groups is 1. The number of fused-ring (bicyclic) bond motifs is 2. The van der Waals surface area contributed by atoms with E-state index in [9.17, 15) is 14.7 Å². The lowest BCUT2D eigenvalue weighted by molar-refractivity contribution is 0.0472. The van der Waals surface area contributed by atoms with E-state index in [4.69, 9.17) is 18.6 Å². The van der Waals surface area contributed by atoms with Gasteiger partial charge in [0.05, 0.1) is 5.56 Å². The van der Waals surface area contributed by atoms with Crippen LogP contribution in [0.3, 0.4) is 0 Å². The zero-order valence-corrected chi connectivity index (χ0v) is 14.5. The fraction of sp³-hybridized carbons (Fsp3) is 0.200. The van der Waals surface area contributed by atoms with Crippen LogP contribution in [0.15, 0.2) is 45.6 Å². The van der Waals surface area contributed by atoms with Crippen LogP contribution in [0.4, 0.5) is 0 Å². The summed E-state index contributed by atoms with van der Waals surface area (Å²) in [6.45, 7) is 2.42. The highest BCUT2D eigenvalue weighted by molar-refractivity contribution is 5.90. The molecule has 0 atom stereocenters. The van der Waals surface area contributed by atoms with Crippen LogP contribution in [0.2, 0.25) is 0 Å². The van der Waals surface area contributed by atoms with Crippen molar-refractivity contribution in [2.45, 2.75) is 13.5 Å². The van der Waals surface area contributed by atoms with Crippen molar-refractivity contribution >= 4 is 16.9 Å². The quantitative estimate of drug-likeness (QED) is 0.561. The van der Waals surface area contributed by atoms with Crippen LogP contribution in [-0.2, 0) is 11.3 Å². The molecular weight excluding hydrogens is 352 g/mol. The lowest BCUT2D eigenvalue weighted by Gasteiger charge is -2.18.